The molecule has 0 saturated heterocycles. The van der Waals surface area contributed by atoms with Crippen LogP contribution in [0.1, 0.15) is 47.7 Å². The summed E-state index contributed by atoms with van der Waals surface area (Å²) in [6.45, 7) is 10.6. The van der Waals surface area contributed by atoms with Crippen molar-refractivity contribution in [3.8, 4) is 0 Å². The molecular weight excluding hydrogens is 380 g/mol. The molecule has 2 aromatic carbocycles. The number of nitrogens with one attached hydrogen (secondary N) is 2. The smallest absolute Gasteiger partial charge is 0.251 e. The molecule has 0 radical (unpaired) electrons. The van der Waals surface area contributed by atoms with Crippen LogP contribution in [0.2, 0.25) is 5.02 Å². The zero-order valence-electron chi connectivity index (χ0n) is 17.4. The topological polar surface area (TPSA) is 41.1 Å². The first-order chi connectivity index (χ1) is 13.8. The van der Waals surface area contributed by atoms with Gasteiger partial charge in [0.05, 0.1) is 0 Å². The first-order valence-electron chi connectivity index (χ1n) is 10.4. The zero-order chi connectivity index (χ0) is 20.8. The molecule has 0 aliphatic heterocycles. The number of fused-ring (bicyclic) bond motifs is 1. The minimum absolute atomic E-state index is 0.00160. The van der Waals surface area contributed by atoms with Crippen LogP contribution in [0, 0.1) is 31.1 Å². The maximum Gasteiger partial charge on any atom is 0.251 e. The number of allylic oxidation sites excluding steroid dienone is 1. The molecule has 5 rings (SSSR count). The summed E-state index contributed by atoms with van der Waals surface area (Å²) >= 11 is 6.09. The van der Waals surface area contributed by atoms with Gasteiger partial charge in [-0.15, -0.1) is 0 Å². The molecule has 3 aliphatic rings. The molecule has 2 bridgehead atoms. The normalized spacial score (nSPS) is 25.8. The van der Waals surface area contributed by atoms with E-state index >= 15 is 0 Å². The lowest BCUT2D eigenvalue weighted by Gasteiger charge is -2.44. The average Bonchev–Trinajstić information content (AvgIpc) is 3.20. The van der Waals surface area contributed by atoms with Crippen molar-refractivity contribution in [1.29, 1.82) is 0 Å². The van der Waals surface area contributed by atoms with E-state index in [1.165, 1.54) is 5.56 Å². The van der Waals surface area contributed by atoms with E-state index < -0.39 is 0 Å². The molecule has 2 N–H and O–H groups in total. The van der Waals surface area contributed by atoms with E-state index in [2.05, 4.69) is 55.3 Å². The number of halogens is 1. The van der Waals surface area contributed by atoms with E-state index in [4.69, 9.17) is 11.6 Å². The predicted molar refractivity (Wildman–Crippen MR) is 120 cm³/mol. The van der Waals surface area contributed by atoms with Gasteiger partial charge in [-0.1, -0.05) is 42.8 Å². The van der Waals surface area contributed by atoms with Crippen LogP contribution in [-0.2, 0) is 0 Å². The van der Waals surface area contributed by atoms with Gasteiger partial charge in [0, 0.05) is 33.9 Å². The quantitative estimate of drug-likeness (QED) is 0.604. The fraction of sp³-hybridized carbons (Fsp3) is 0.400. The number of amides is 1. The Bertz CT molecular complexity index is 944. The lowest BCUT2D eigenvalue weighted by atomic mass is 9.62. The second-order valence-corrected chi connectivity index (χ2v) is 9.42. The molecule has 29 heavy (non-hydrogen) atoms. The van der Waals surface area contributed by atoms with Crippen LogP contribution in [-0.4, -0.2) is 11.9 Å². The Balaban J connectivity index is 1.37. The van der Waals surface area contributed by atoms with Gasteiger partial charge in [-0.25, -0.2) is 0 Å². The fourth-order valence-corrected chi connectivity index (χ4v) is 5.19. The van der Waals surface area contributed by atoms with Crippen molar-refractivity contribution in [2.75, 3.05) is 5.32 Å². The summed E-state index contributed by atoms with van der Waals surface area (Å²) in [5.41, 5.74) is 5.25. The second kappa shape index (κ2) is 7.53. The highest BCUT2D eigenvalue weighted by Gasteiger charge is 2.59. The first-order valence-corrected chi connectivity index (χ1v) is 10.7. The van der Waals surface area contributed by atoms with Gasteiger partial charge in [-0.05, 0) is 80.3 Å². The number of anilines is 1. The van der Waals surface area contributed by atoms with Gasteiger partial charge in [0.25, 0.3) is 5.91 Å². The van der Waals surface area contributed by atoms with Gasteiger partial charge < -0.3 is 10.6 Å². The van der Waals surface area contributed by atoms with E-state index in [1.54, 1.807) is 12.1 Å². The molecule has 2 atom stereocenters. The van der Waals surface area contributed by atoms with Crippen molar-refractivity contribution in [2.24, 2.45) is 17.3 Å². The highest BCUT2D eigenvalue weighted by Crippen LogP contribution is 2.63. The number of benzene rings is 2. The monoisotopic (exact) mass is 408 g/mol. The number of carbonyl (C=O) groups excluding carboxylic acids is 1. The number of hydrogen-bond acceptors (Lipinski definition) is 2. The number of aryl methyl sites for hydroxylation is 2. The largest absolute Gasteiger partial charge is 0.359 e. The minimum atomic E-state index is 0.00160. The molecule has 2 aromatic rings. The van der Waals surface area contributed by atoms with E-state index in [1.807, 2.05) is 13.0 Å². The van der Waals surface area contributed by atoms with Crippen LogP contribution in [0.5, 0.6) is 0 Å². The summed E-state index contributed by atoms with van der Waals surface area (Å²) in [5, 5.41) is 7.46. The lowest BCUT2D eigenvalue weighted by molar-refractivity contribution is 0.0857. The van der Waals surface area contributed by atoms with Crippen LogP contribution in [0.3, 0.4) is 0 Å². The molecule has 152 valence electrons. The van der Waals surface area contributed by atoms with E-state index in [0.29, 0.717) is 22.4 Å². The number of rotatable bonds is 6. The van der Waals surface area contributed by atoms with Crippen molar-refractivity contribution in [3.63, 3.8) is 0 Å². The van der Waals surface area contributed by atoms with E-state index in [9.17, 15) is 4.79 Å². The maximum absolute atomic E-state index is 12.7. The number of hydrogen-bond donors (Lipinski definition) is 2. The fourth-order valence-electron chi connectivity index (χ4n) is 5.08. The molecule has 3 fully saturated rings. The third kappa shape index (κ3) is 3.81. The van der Waals surface area contributed by atoms with Crippen molar-refractivity contribution >= 4 is 23.2 Å². The zero-order valence-corrected chi connectivity index (χ0v) is 18.1. The minimum Gasteiger partial charge on any atom is -0.359 e. The molecule has 0 spiro atoms. The summed E-state index contributed by atoms with van der Waals surface area (Å²) in [6.07, 6.45) is 3.34. The van der Waals surface area contributed by atoms with Gasteiger partial charge in [0.15, 0.2) is 0 Å². The van der Waals surface area contributed by atoms with Crippen molar-refractivity contribution in [3.05, 3.63) is 76.5 Å². The Morgan fingerprint density at radius 1 is 1.14 bits per heavy atom. The standard InChI is InChI=1S/C25H29ClN2O/c1-15-5-8-21(9-6-15)27-18(4)17(3)25-12-20(13-25)23(14-25)28-24(29)19-7-10-22(26)16(2)11-19/h5-11,17,20,23,27H,4,12-14H2,1-3H3,(H,28,29)/t17-,20?,23?,25?/m0/s1. The SMILES string of the molecule is C=C(Nc1ccc(C)cc1)[C@H](C)C12CC(C1)C(NC(=O)c1ccc(Cl)c(C)c1)C2. The Kier molecular flexibility index (Phi) is 5.20. The van der Waals surface area contributed by atoms with Gasteiger partial charge >= 0.3 is 0 Å². The van der Waals surface area contributed by atoms with Crippen LogP contribution in [0.4, 0.5) is 5.69 Å². The highest BCUT2D eigenvalue weighted by molar-refractivity contribution is 6.31. The van der Waals surface area contributed by atoms with Gasteiger partial charge in [-0.3, -0.25) is 4.79 Å². The molecule has 0 aromatic heterocycles. The Hall–Kier alpha value is -2.26. The molecule has 3 nitrogen and oxygen atoms in total. The number of carbonyl (C=O) groups is 1. The predicted octanol–water partition coefficient (Wildman–Crippen LogP) is 6.12. The van der Waals surface area contributed by atoms with Gasteiger partial charge in [-0.2, -0.15) is 0 Å². The molecular formula is C25H29ClN2O. The molecule has 3 aliphatic carbocycles. The Morgan fingerprint density at radius 3 is 2.48 bits per heavy atom. The summed E-state index contributed by atoms with van der Waals surface area (Å²) < 4.78 is 0. The second-order valence-electron chi connectivity index (χ2n) is 9.02. The Labute approximate surface area is 178 Å². The van der Waals surface area contributed by atoms with E-state index in [0.717, 1.165) is 36.2 Å². The first kappa shape index (κ1) is 20.0. The van der Waals surface area contributed by atoms with Crippen LogP contribution in [0.25, 0.3) is 0 Å². The summed E-state index contributed by atoms with van der Waals surface area (Å²) in [7, 11) is 0. The Morgan fingerprint density at radius 2 is 1.83 bits per heavy atom. The highest BCUT2D eigenvalue weighted by atomic mass is 35.5. The van der Waals surface area contributed by atoms with Crippen LogP contribution >= 0.6 is 11.6 Å². The summed E-state index contributed by atoms with van der Waals surface area (Å²) in [5.74, 6) is 0.934. The summed E-state index contributed by atoms with van der Waals surface area (Å²) in [6, 6.07) is 14.1. The average molecular weight is 409 g/mol. The summed E-state index contributed by atoms with van der Waals surface area (Å²) in [4.78, 5) is 12.7. The molecule has 3 saturated carbocycles. The third-order valence-electron chi connectivity index (χ3n) is 7.07. The lowest BCUT2D eigenvalue weighted by Crippen LogP contribution is -2.39. The van der Waals surface area contributed by atoms with Gasteiger partial charge in [0.2, 0.25) is 0 Å². The maximum atomic E-state index is 12.7. The van der Waals surface area contributed by atoms with E-state index in [-0.39, 0.29) is 17.4 Å². The van der Waals surface area contributed by atoms with Crippen molar-refractivity contribution in [2.45, 2.75) is 46.1 Å². The van der Waals surface area contributed by atoms with Crippen LogP contribution in [0.15, 0.2) is 54.7 Å². The molecule has 1 unspecified atom stereocenters. The van der Waals surface area contributed by atoms with Crippen molar-refractivity contribution < 1.29 is 4.79 Å². The van der Waals surface area contributed by atoms with Crippen LogP contribution < -0.4 is 10.6 Å². The van der Waals surface area contributed by atoms with Gasteiger partial charge in [0.1, 0.15) is 0 Å². The third-order valence-corrected chi connectivity index (χ3v) is 7.49. The van der Waals surface area contributed by atoms with Crippen molar-refractivity contribution in [1.82, 2.24) is 5.32 Å². The molecule has 1 amide bonds. The molecule has 0 heterocycles. The molecule has 4 heteroatoms.